The van der Waals surface area contributed by atoms with Gasteiger partial charge in [0.15, 0.2) is 6.29 Å². The van der Waals surface area contributed by atoms with E-state index in [1.807, 2.05) is 0 Å². The van der Waals surface area contributed by atoms with Crippen LogP contribution in [-0.4, -0.2) is 19.0 Å². The van der Waals surface area contributed by atoms with Crippen molar-refractivity contribution in [1.29, 1.82) is 0 Å². The minimum atomic E-state index is -5.05. The van der Waals surface area contributed by atoms with Crippen LogP contribution in [0.1, 0.15) is 10.4 Å². The monoisotopic (exact) mass is 274 g/mol. The quantitative estimate of drug-likeness (QED) is 0.626. The standard InChI is InChI=1S/C9H4F6O3/c10-8(11,12)17-6-1-2-7(5(3-6)4-16)18-9(13,14)15/h1-4H. The Morgan fingerprint density at radius 1 is 0.944 bits per heavy atom. The number of hydrogen-bond donors (Lipinski definition) is 0. The van der Waals surface area contributed by atoms with Gasteiger partial charge in [0.2, 0.25) is 0 Å². The lowest BCUT2D eigenvalue weighted by Crippen LogP contribution is -2.19. The molecule has 1 rings (SSSR count). The van der Waals surface area contributed by atoms with Crippen LogP contribution in [0.2, 0.25) is 0 Å². The molecule has 0 saturated heterocycles. The summed E-state index contributed by atoms with van der Waals surface area (Å²) in [6, 6.07) is 1.64. The average Bonchev–Trinajstić information content (AvgIpc) is 2.16. The molecule has 0 unspecified atom stereocenters. The van der Waals surface area contributed by atoms with E-state index in [4.69, 9.17) is 0 Å². The highest BCUT2D eigenvalue weighted by atomic mass is 19.4. The molecule has 0 saturated carbocycles. The van der Waals surface area contributed by atoms with Gasteiger partial charge in [-0.2, -0.15) is 0 Å². The van der Waals surface area contributed by atoms with Gasteiger partial charge in [-0.15, -0.1) is 26.3 Å². The molecular formula is C9H4F6O3. The van der Waals surface area contributed by atoms with Crippen molar-refractivity contribution in [3.05, 3.63) is 23.8 Å². The first kappa shape index (κ1) is 14.1. The molecule has 0 N–H and O–H groups in total. The molecule has 3 nitrogen and oxygen atoms in total. The molecule has 0 atom stereocenters. The first-order valence-electron chi connectivity index (χ1n) is 4.21. The molecule has 1 aromatic rings. The summed E-state index contributed by atoms with van der Waals surface area (Å²) >= 11 is 0. The number of aldehydes is 1. The topological polar surface area (TPSA) is 35.5 Å². The summed E-state index contributed by atoms with van der Waals surface area (Å²) in [5.41, 5.74) is -0.714. The average molecular weight is 274 g/mol. The van der Waals surface area contributed by atoms with Crippen LogP contribution >= 0.6 is 0 Å². The molecule has 0 aromatic heterocycles. The Bertz CT molecular complexity index is 437. The zero-order chi connectivity index (χ0) is 14.0. The fraction of sp³-hybridized carbons (Fsp3) is 0.222. The molecule has 0 radical (unpaired) electrons. The van der Waals surface area contributed by atoms with Crippen LogP contribution < -0.4 is 9.47 Å². The van der Waals surface area contributed by atoms with Crippen molar-refractivity contribution in [1.82, 2.24) is 0 Å². The van der Waals surface area contributed by atoms with Crippen LogP contribution in [0.3, 0.4) is 0 Å². The molecule has 0 heterocycles. The second-order valence-corrected chi connectivity index (χ2v) is 2.91. The van der Waals surface area contributed by atoms with E-state index in [1.165, 1.54) is 0 Å². The Balaban J connectivity index is 3.00. The molecule has 0 amide bonds. The molecule has 0 aliphatic heterocycles. The Morgan fingerprint density at radius 3 is 1.94 bits per heavy atom. The predicted molar refractivity (Wildman–Crippen MR) is 45.2 cm³/mol. The van der Waals surface area contributed by atoms with Gasteiger partial charge in [-0.3, -0.25) is 4.79 Å². The lowest BCUT2D eigenvalue weighted by atomic mass is 10.2. The van der Waals surface area contributed by atoms with E-state index in [2.05, 4.69) is 9.47 Å². The van der Waals surface area contributed by atoms with E-state index in [1.54, 1.807) is 0 Å². The van der Waals surface area contributed by atoms with Crippen LogP contribution in [0.15, 0.2) is 18.2 Å². The van der Waals surface area contributed by atoms with E-state index in [0.29, 0.717) is 18.2 Å². The van der Waals surface area contributed by atoms with Gasteiger partial charge < -0.3 is 9.47 Å². The van der Waals surface area contributed by atoms with E-state index >= 15 is 0 Å². The van der Waals surface area contributed by atoms with E-state index < -0.39 is 29.8 Å². The van der Waals surface area contributed by atoms with Gasteiger partial charge in [0.05, 0.1) is 5.56 Å². The number of ether oxygens (including phenoxy) is 2. The minimum Gasteiger partial charge on any atom is -0.406 e. The molecule has 1 aromatic carbocycles. The van der Waals surface area contributed by atoms with Gasteiger partial charge in [-0.05, 0) is 18.2 Å². The van der Waals surface area contributed by atoms with E-state index in [9.17, 15) is 31.1 Å². The number of alkyl halides is 6. The highest BCUT2D eigenvalue weighted by Gasteiger charge is 2.33. The normalized spacial score (nSPS) is 12.1. The maximum Gasteiger partial charge on any atom is 0.573 e. The molecule has 9 heteroatoms. The zero-order valence-corrected chi connectivity index (χ0v) is 8.30. The van der Waals surface area contributed by atoms with Crippen LogP contribution in [0, 0.1) is 0 Å². The third-order valence-corrected chi connectivity index (χ3v) is 1.57. The summed E-state index contributed by atoms with van der Waals surface area (Å²) in [5, 5.41) is 0. The summed E-state index contributed by atoms with van der Waals surface area (Å²) in [7, 11) is 0. The van der Waals surface area contributed by atoms with Crippen molar-refractivity contribution >= 4 is 6.29 Å². The second-order valence-electron chi connectivity index (χ2n) is 2.91. The summed E-state index contributed by atoms with van der Waals surface area (Å²) in [5.74, 6) is -1.73. The highest BCUT2D eigenvalue weighted by molar-refractivity contribution is 5.80. The van der Waals surface area contributed by atoms with Crippen molar-refractivity contribution in [3.8, 4) is 11.5 Å². The van der Waals surface area contributed by atoms with Crippen LogP contribution in [-0.2, 0) is 0 Å². The molecule has 18 heavy (non-hydrogen) atoms. The summed E-state index contributed by atoms with van der Waals surface area (Å²) < 4.78 is 78.0. The highest BCUT2D eigenvalue weighted by Crippen LogP contribution is 2.30. The smallest absolute Gasteiger partial charge is 0.406 e. The fourth-order valence-corrected chi connectivity index (χ4v) is 1.03. The maximum atomic E-state index is 11.9. The van der Waals surface area contributed by atoms with Gasteiger partial charge in [-0.25, -0.2) is 0 Å². The van der Waals surface area contributed by atoms with Crippen LogP contribution in [0.25, 0.3) is 0 Å². The maximum absolute atomic E-state index is 11.9. The lowest BCUT2D eigenvalue weighted by Gasteiger charge is -2.13. The summed E-state index contributed by atoms with van der Waals surface area (Å²) in [6.45, 7) is 0. The first-order valence-corrected chi connectivity index (χ1v) is 4.21. The predicted octanol–water partition coefficient (Wildman–Crippen LogP) is 3.30. The van der Waals surface area contributed by atoms with Gasteiger partial charge in [0.25, 0.3) is 0 Å². The zero-order valence-electron chi connectivity index (χ0n) is 8.30. The first-order chi connectivity index (χ1) is 8.11. The van der Waals surface area contributed by atoms with E-state index in [0.717, 1.165) is 0 Å². The number of carbonyl (C=O) groups excluding carboxylic acids is 1. The Kier molecular flexibility index (Phi) is 3.73. The molecule has 0 fully saturated rings. The molecule has 100 valence electrons. The Hall–Kier alpha value is -1.93. The van der Waals surface area contributed by atoms with E-state index in [-0.39, 0.29) is 6.29 Å². The molecule has 0 aliphatic rings. The third-order valence-electron chi connectivity index (χ3n) is 1.57. The van der Waals surface area contributed by atoms with Gasteiger partial charge >= 0.3 is 12.7 Å². The number of rotatable bonds is 3. The Labute approximate surface area is 95.9 Å². The largest absolute Gasteiger partial charge is 0.573 e. The van der Waals surface area contributed by atoms with Gasteiger partial charge in [-0.1, -0.05) is 0 Å². The van der Waals surface area contributed by atoms with Gasteiger partial charge in [0.1, 0.15) is 11.5 Å². The fourth-order valence-electron chi connectivity index (χ4n) is 1.03. The van der Waals surface area contributed by atoms with Crippen molar-refractivity contribution < 1.29 is 40.6 Å². The molecule has 0 aliphatic carbocycles. The number of benzene rings is 1. The van der Waals surface area contributed by atoms with Crippen LogP contribution in [0.5, 0.6) is 11.5 Å². The summed E-state index contributed by atoms with van der Waals surface area (Å²) in [4.78, 5) is 10.4. The lowest BCUT2D eigenvalue weighted by molar-refractivity contribution is -0.277. The van der Waals surface area contributed by atoms with Crippen LogP contribution in [0.4, 0.5) is 26.3 Å². The minimum absolute atomic E-state index is 0.0791. The second kappa shape index (κ2) is 4.75. The third kappa shape index (κ3) is 4.52. The summed E-state index contributed by atoms with van der Waals surface area (Å²) in [6.07, 6.45) is -10.1. The Morgan fingerprint density at radius 2 is 1.50 bits per heavy atom. The SMILES string of the molecule is O=Cc1cc(OC(F)(F)F)ccc1OC(F)(F)F. The number of hydrogen-bond acceptors (Lipinski definition) is 3. The van der Waals surface area contributed by atoms with Crippen molar-refractivity contribution in [2.24, 2.45) is 0 Å². The number of carbonyl (C=O) groups is 1. The molecular weight excluding hydrogens is 270 g/mol. The molecule has 0 bridgehead atoms. The van der Waals surface area contributed by atoms with Crippen molar-refractivity contribution in [2.75, 3.05) is 0 Å². The van der Waals surface area contributed by atoms with Crippen molar-refractivity contribution in [3.63, 3.8) is 0 Å². The number of halogens is 6. The molecule has 0 spiro atoms. The van der Waals surface area contributed by atoms with Crippen molar-refractivity contribution in [2.45, 2.75) is 12.7 Å². The van der Waals surface area contributed by atoms with Gasteiger partial charge in [0, 0.05) is 0 Å².